The lowest BCUT2D eigenvalue weighted by atomic mass is 10.1. The fourth-order valence-electron chi connectivity index (χ4n) is 3.89. The van der Waals surface area contributed by atoms with Gasteiger partial charge in [0.2, 0.25) is 0 Å². The summed E-state index contributed by atoms with van der Waals surface area (Å²) in [7, 11) is 0. The normalized spacial score (nSPS) is 11.8. The van der Waals surface area contributed by atoms with Gasteiger partial charge in [0.05, 0.1) is 22.6 Å². The first kappa shape index (κ1) is 25.9. The summed E-state index contributed by atoms with van der Waals surface area (Å²) in [5.41, 5.74) is 2.60. The summed E-state index contributed by atoms with van der Waals surface area (Å²) in [5, 5.41) is 10.7. The Kier molecular flexibility index (Phi) is 8.46. The molecule has 0 saturated carbocycles. The number of aliphatic carboxylic acids is 1. The van der Waals surface area contributed by atoms with Crippen LogP contribution in [-0.4, -0.2) is 37.5 Å². The molecule has 6 nitrogen and oxygen atoms in total. The summed E-state index contributed by atoms with van der Waals surface area (Å²) in [6, 6.07) is 20.6. The molecule has 36 heavy (non-hydrogen) atoms. The number of aromatic nitrogens is 2. The van der Waals surface area contributed by atoms with Crippen molar-refractivity contribution in [1.29, 1.82) is 0 Å². The molecule has 4 rings (SSSR count). The van der Waals surface area contributed by atoms with Crippen molar-refractivity contribution in [3.8, 4) is 0 Å². The predicted molar refractivity (Wildman–Crippen MR) is 143 cm³/mol. The van der Waals surface area contributed by atoms with Crippen molar-refractivity contribution < 1.29 is 14.7 Å². The summed E-state index contributed by atoms with van der Waals surface area (Å²) in [5.74, 6) is -1.64. The number of nitrogens with zero attached hydrogens (tertiary/aromatic N) is 3. The minimum Gasteiger partial charge on any atom is -0.480 e. The third-order valence-electron chi connectivity index (χ3n) is 5.62. The van der Waals surface area contributed by atoms with Crippen molar-refractivity contribution in [2.75, 3.05) is 0 Å². The molecular weight excluding hydrogens is 565 g/mol. The van der Waals surface area contributed by atoms with Crippen molar-refractivity contribution in [3.05, 3.63) is 122 Å². The first-order valence-corrected chi connectivity index (χ1v) is 12.6. The van der Waals surface area contributed by atoms with Gasteiger partial charge in [-0.2, -0.15) is 0 Å². The van der Waals surface area contributed by atoms with Crippen molar-refractivity contribution in [2.24, 2.45) is 0 Å². The fourth-order valence-corrected chi connectivity index (χ4v) is 4.83. The van der Waals surface area contributed by atoms with Gasteiger partial charge >= 0.3 is 5.97 Å². The summed E-state index contributed by atoms with van der Waals surface area (Å²) in [6.07, 6.45) is 3.50. The molecule has 3 aromatic carbocycles. The Morgan fingerprint density at radius 3 is 2.44 bits per heavy atom. The lowest BCUT2D eigenvalue weighted by Crippen LogP contribution is -2.46. The van der Waals surface area contributed by atoms with E-state index in [1.165, 1.54) is 17.0 Å². The van der Waals surface area contributed by atoms with Crippen LogP contribution in [-0.2, 0) is 24.3 Å². The molecule has 4 aromatic rings. The van der Waals surface area contributed by atoms with E-state index in [9.17, 15) is 14.7 Å². The molecule has 0 saturated heterocycles. The monoisotopic (exact) mass is 585 g/mol. The zero-order valence-corrected chi connectivity index (χ0v) is 22.1. The number of hydrogen-bond donors (Lipinski definition) is 1. The number of amides is 1. The largest absolute Gasteiger partial charge is 0.480 e. The highest BCUT2D eigenvalue weighted by Gasteiger charge is 2.32. The molecule has 0 spiro atoms. The first-order chi connectivity index (χ1) is 17.3. The van der Waals surface area contributed by atoms with Gasteiger partial charge in [0, 0.05) is 35.2 Å². The van der Waals surface area contributed by atoms with Crippen molar-refractivity contribution in [2.45, 2.75) is 25.6 Å². The number of halogens is 3. The van der Waals surface area contributed by atoms with E-state index in [2.05, 4.69) is 20.9 Å². The number of carbonyl (C=O) groups excluding carboxylic acids is 1. The van der Waals surface area contributed by atoms with E-state index in [0.717, 1.165) is 15.6 Å². The van der Waals surface area contributed by atoms with Crippen LogP contribution < -0.4 is 0 Å². The second-order valence-corrected chi connectivity index (χ2v) is 10.0. The fraction of sp³-hybridized carbons (Fsp3) is 0.148. The summed E-state index contributed by atoms with van der Waals surface area (Å²) in [6.45, 7) is 0.672. The third-order valence-corrected chi connectivity index (χ3v) is 6.66. The standard InChI is InChI=1S/C27H22BrCl2N3O3/c28-20-8-4-7-19(11-20)15-33(26(34)23-10-9-21(29)12-24(23)30)25(27(35)36)13-22-16-32(17-31-22)14-18-5-2-1-3-6-18/h1-12,16-17,25H,13-15H2,(H,35,36)/t25-/m0/s1. The minimum absolute atomic E-state index is 0.0298. The van der Waals surface area contributed by atoms with Crippen molar-refractivity contribution >= 4 is 51.0 Å². The molecule has 0 aliphatic rings. The van der Waals surface area contributed by atoms with Crippen LogP contribution in [0.25, 0.3) is 0 Å². The molecule has 0 fully saturated rings. The van der Waals surface area contributed by atoms with Gasteiger partial charge in [0.25, 0.3) is 5.91 Å². The maximum atomic E-state index is 13.6. The number of carbonyl (C=O) groups is 2. The minimum atomic E-state index is -1.18. The lowest BCUT2D eigenvalue weighted by Gasteiger charge is -2.29. The van der Waals surface area contributed by atoms with Crippen LogP contribution in [0.5, 0.6) is 0 Å². The second-order valence-electron chi connectivity index (χ2n) is 8.27. The number of carboxylic acid groups (broad SMARTS) is 1. The SMILES string of the molecule is O=C(O)[C@H](Cc1cn(Cc2ccccc2)cn1)N(Cc1cccc(Br)c1)C(=O)c1ccc(Cl)cc1Cl. The van der Waals surface area contributed by atoms with Crippen LogP contribution in [0.4, 0.5) is 0 Å². The van der Waals surface area contributed by atoms with Gasteiger partial charge in [-0.25, -0.2) is 9.78 Å². The Balaban J connectivity index is 1.64. The van der Waals surface area contributed by atoms with E-state index < -0.39 is 17.9 Å². The van der Waals surface area contributed by atoms with Crippen molar-refractivity contribution in [1.82, 2.24) is 14.5 Å². The number of carboxylic acids is 1. The van der Waals surface area contributed by atoms with Gasteiger partial charge in [-0.1, -0.05) is 81.6 Å². The highest BCUT2D eigenvalue weighted by molar-refractivity contribution is 9.10. The van der Waals surface area contributed by atoms with Gasteiger partial charge in [-0.15, -0.1) is 0 Å². The van der Waals surface area contributed by atoms with Crippen LogP contribution in [0.2, 0.25) is 10.0 Å². The smallest absolute Gasteiger partial charge is 0.326 e. The number of rotatable bonds is 9. The molecule has 1 N–H and O–H groups in total. The Labute approximate surface area is 227 Å². The Morgan fingerprint density at radius 1 is 1.00 bits per heavy atom. The van der Waals surface area contributed by atoms with E-state index in [0.29, 0.717) is 17.3 Å². The molecule has 1 heterocycles. The van der Waals surface area contributed by atoms with Gasteiger partial charge in [0.1, 0.15) is 6.04 Å². The second kappa shape index (κ2) is 11.7. The van der Waals surface area contributed by atoms with Crippen LogP contribution in [0.15, 0.2) is 89.8 Å². The van der Waals surface area contributed by atoms with Gasteiger partial charge < -0.3 is 14.6 Å². The zero-order valence-electron chi connectivity index (χ0n) is 19.0. The van der Waals surface area contributed by atoms with E-state index in [1.807, 2.05) is 59.2 Å². The molecule has 0 radical (unpaired) electrons. The molecule has 1 amide bonds. The maximum absolute atomic E-state index is 13.6. The third kappa shape index (κ3) is 6.55. The predicted octanol–water partition coefficient (Wildman–Crippen LogP) is 6.34. The maximum Gasteiger partial charge on any atom is 0.326 e. The molecule has 0 unspecified atom stereocenters. The average Bonchev–Trinajstić information content (AvgIpc) is 3.28. The molecule has 0 aliphatic heterocycles. The van der Waals surface area contributed by atoms with Crippen LogP contribution >= 0.6 is 39.1 Å². The molecule has 0 bridgehead atoms. The van der Waals surface area contributed by atoms with Crippen LogP contribution in [0.1, 0.15) is 27.2 Å². The Bertz CT molecular complexity index is 1380. The zero-order chi connectivity index (χ0) is 25.7. The Hall–Kier alpha value is -3.13. The molecule has 1 atom stereocenters. The molecule has 184 valence electrons. The number of benzene rings is 3. The van der Waals surface area contributed by atoms with Gasteiger partial charge in [0.15, 0.2) is 0 Å². The Morgan fingerprint density at radius 2 is 1.75 bits per heavy atom. The lowest BCUT2D eigenvalue weighted by molar-refractivity contribution is -0.142. The van der Waals surface area contributed by atoms with Crippen LogP contribution in [0.3, 0.4) is 0 Å². The van der Waals surface area contributed by atoms with E-state index in [1.54, 1.807) is 18.6 Å². The van der Waals surface area contributed by atoms with Gasteiger partial charge in [-0.3, -0.25) is 4.79 Å². The molecule has 0 aliphatic carbocycles. The topological polar surface area (TPSA) is 75.4 Å². The van der Waals surface area contributed by atoms with E-state index in [-0.39, 0.29) is 23.6 Å². The number of hydrogen-bond acceptors (Lipinski definition) is 3. The first-order valence-electron chi connectivity index (χ1n) is 11.1. The van der Waals surface area contributed by atoms with Gasteiger partial charge in [-0.05, 0) is 41.5 Å². The van der Waals surface area contributed by atoms with Crippen LogP contribution in [0, 0.1) is 0 Å². The van der Waals surface area contributed by atoms with Crippen molar-refractivity contribution in [3.63, 3.8) is 0 Å². The average molecular weight is 587 g/mol. The highest BCUT2D eigenvalue weighted by Crippen LogP contribution is 2.25. The van der Waals surface area contributed by atoms with E-state index >= 15 is 0 Å². The summed E-state index contributed by atoms with van der Waals surface area (Å²) in [4.78, 5) is 31.9. The molecular formula is C27H22BrCl2N3O3. The number of imidazole rings is 1. The summed E-state index contributed by atoms with van der Waals surface area (Å²) < 4.78 is 2.71. The summed E-state index contributed by atoms with van der Waals surface area (Å²) >= 11 is 15.8. The van der Waals surface area contributed by atoms with E-state index in [4.69, 9.17) is 23.2 Å². The quantitative estimate of drug-likeness (QED) is 0.248. The molecule has 1 aromatic heterocycles. The molecule has 9 heteroatoms. The highest BCUT2D eigenvalue weighted by atomic mass is 79.9.